The number of fused-ring (bicyclic) bond motifs is 1. The summed E-state index contributed by atoms with van der Waals surface area (Å²) in [5.41, 5.74) is 0.355. The number of aryl methyl sites for hydroxylation is 1. The maximum atomic E-state index is 13.5. The van der Waals surface area contributed by atoms with Gasteiger partial charge in [-0.15, -0.1) is 0 Å². The fraction of sp³-hybridized carbons (Fsp3) is 0.650. The van der Waals surface area contributed by atoms with E-state index in [-0.39, 0.29) is 23.4 Å². The number of nitrogens with zero attached hydrogens (tertiary/aromatic N) is 4. The monoisotopic (exact) mass is 410 g/mol. The van der Waals surface area contributed by atoms with Gasteiger partial charge in [0.25, 0.3) is 0 Å². The van der Waals surface area contributed by atoms with Crippen LogP contribution in [0.4, 0.5) is 13.2 Å². The van der Waals surface area contributed by atoms with Crippen molar-refractivity contribution in [2.45, 2.75) is 51.1 Å². The summed E-state index contributed by atoms with van der Waals surface area (Å²) in [5.74, 6) is 0.0266. The van der Waals surface area contributed by atoms with E-state index >= 15 is 0 Å². The number of hydrogen-bond acceptors (Lipinski definition) is 4. The number of hydrogen-bond donors (Lipinski definition) is 0. The molecular formula is C20H25F3N4O2. The van der Waals surface area contributed by atoms with Crippen molar-refractivity contribution in [3.63, 3.8) is 0 Å². The van der Waals surface area contributed by atoms with E-state index in [0.29, 0.717) is 44.1 Å². The SMILES string of the molecule is CCc1cc(C(F)(F)F)n2nc(C3CCCN(C(=O)C4CCOCC4)C3)cc2n1. The first-order valence-electron chi connectivity index (χ1n) is 10.2. The molecule has 0 saturated carbocycles. The summed E-state index contributed by atoms with van der Waals surface area (Å²) in [5, 5.41) is 4.26. The van der Waals surface area contributed by atoms with Crippen LogP contribution >= 0.6 is 0 Å². The van der Waals surface area contributed by atoms with Crippen LogP contribution in [-0.2, 0) is 22.1 Å². The number of ether oxygens (including phenoxy) is 1. The van der Waals surface area contributed by atoms with Crippen LogP contribution < -0.4 is 0 Å². The molecule has 158 valence electrons. The number of amides is 1. The third-order valence-electron chi connectivity index (χ3n) is 5.87. The molecule has 2 saturated heterocycles. The van der Waals surface area contributed by atoms with Gasteiger partial charge in [0.05, 0.1) is 5.69 Å². The molecule has 29 heavy (non-hydrogen) atoms. The number of likely N-dealkylation sites (tertiary alicyclic amines) is 1. The summed E-state index contributed by atoms with van der Waals surface area (Å²) in [7, 11) is 0. The molecule has 2 fully saturated rings. The number of piperidine rings is 1. The molecule has 1 amide bonds. The van der Waals surface area contributed by atoms with Gasteiger partial charge in [-0.25, -0.2) is 9.50 Å². The molecule has 0 spiro atoms. The first-order chi connectivity index (χ1) is 13.9. The lowest BCUT2D eigenvalue weighted by Crippen LogP contribution is -2.43. The summed E-state index contributed by atoms with van der Waals surface area (Å²) in [4.78, 5) is 19.0. The largest absolute Gasteiger partial charge is 0.433 e. The molecule has 1 unspecified atom stereocenters. The molecular weight excluding hydrogens is 385 g/mol. The average molecular weight is 410 g/mol. The van der Waals surface area contributed by atoms with Crippen LogP contribution in [0.15, 0.2) is 12.1 Å². The maximum absolute atomic E-state index is 13.5. The van der Waals surface area contributed by atoms with Crippen LogP contribution in [0.1, 0.15) is 55.6 Å². The zero-order chi connectivity index (χ0) is 20.6. The van der Waals surface area contributed by atoms with Crippen molar-refractivity contribution in [1.29, 1.82) is 0 Å². The second-order valence-electron chi connectivity index (χ2n) is 7.83. The van der Waals surface area contributed by atoms with E-state index in [1.807, 2.05) is 4.90 Å². The van der Waals surface area contributed by atoms with Crippen molar-refractivity contribution in [2.24, 2.45) is 5.92 Å². The van der Waals surface area contributed by atoms with Crippen molar-refractivity contribution in [3.8, 4) is 0 Å². The van der Waals surface area contributed by atoms with E-state index in [1.54, 1.807) is 13.0 Å². The Morgan fingerprint density at radius 2 is 2.00 bits per heavy atom. The molecule has 0 N–H and O–H groups in total. The van der Waals surface area contributed by atoms with Crippen molar-refractivity contribution < 1.29 is 22.7 Å². The third-order valence-corrected chi connectivity index (χ3v) is 5.87. The Balaban J connectivity index is 1.59. The summed E-state index contributed by atoms with van der Waals surface area (Å²) < 4.78 is 46.8. The molecule has 6 nitrogen and oxygen atoms in total. The molecule has 2 aliphatic heterocycles. The molecule has 1 atom stereocenters. The summed E-state index contributed by atoms with van der Waals surface area (Å²) in [6.07, 6.45) is -1.03. The summed E-state index contributed by atoms with van der Waals surface area (Å²) in [6.45, 7) is 4.16. The van der Waals surface area contributed by atoms with Crippen molar-refractivity contribution in [3.05, 3.63) is 29.2 Å². The van der Waals surface area contributed by atoms with Gasteiger partial charge >= 0.3 is 6.18 Å². The molecule has 0 radical (unpaired) electrons. The van der Waals surface area contributed by atoms with Gasteiger partial charge in [0, 0.05) is 49.9 Å². The summed E-state index contributed by atoms with van der Waals surface area (Å²) >= 11 is 0. The highest BCUT2D eigenvalue weighted by molar-refractivity contribution is 5.79. The molecule has 4 heterocycles. The third kappa shape index (κ3) is 4.10. The molecule has 4 rings (SSSR count). The Labute approximate surface area is 167 Å². The quantitative estimate of drug-likeness (QED) is 0.778. The number of halogens is 3. The minimum Gasteiger partial charge on any atom is -0.381 e. The van der Waals surface area contributed by atoms with E-state index in [2.05, 4.69) is 10.1 Å². The van der Waals surface area contributed by atoms with E-state index in [0.717, 1.165) is 36.3 Å². The number of rotatable bonds is 3. The van der Waals surface area contributed by atoms with Crippen LogP contribution in [0.2, 0.25) is 0 Å². The second-order valence-corrected chi connectivity index (χ2v) is 7.83. The molecule has 2 aliphatic rings. The number of carbonyl (C=O) groups is 1. The van der Waals surface area contributed by atoms with Gasteiger partial charge < -0.3 is 9.64 Å². The van der Waals surface area contributed by atoms with E-state index < -0.39 is 11.9 Å². The average Bonchev–Trinajstić information content (AvgIpc) is 3.16. The molecule has 0 aromatic carbocycles. The fourth-order valence-electron chi connectivity index (χ4n) is 4.25. The number of alkyl halides is 3. The number of aromatic nitrogens is 3. The highest BCUT2D eigenvalue weighted by Crippen LogP contribution is 2.33. The van der Waals surface area contributed by atoms with Crippen LogP contribution in [0.5, 0.6) is 0 Å². The van der Waals surface area contributed by atoms with Gasteiger partial charge in [0.2, 0.25) is 5.91 Å². The Kier molecular flexibility index (Phi) is 5.50. The van der Waals surface area contributed by atoms with Crippen LogP contribution in [-0.4, -0.2) is 51.7 Å². The van der Waals surface area contributed by atoms with Crippen molar-refractivity contribution in [2.75, 3.05) is 26.3 Å². The van der Waals surface area contributed by atoms with Crippen LogP contribution in [0, 0.1) is 5.92 Å². The Morgan fingerprint density at radius 1 is 1.24 bits per heavy atom. The van der Waals surface area contributed by atoms with Crippen LogP contribution in [0.3, 0.4) is 0 Å². The molecule has 2 aromatic heterocycles. The molecule has 9 heteroatoms. The van der Waals surface area contributed by atoms with E-state index in [1.165, 1.54) is 0 Å². The smallest absolute Gasteiger partial charge is 0.381 e. The highest BCUT2D eigenvalue weighted by Gasteiger charge is 2.36. The van der Waals surface area contributed by atoms with Gasteiger partial charge in [-0.2, -0.15) is 18.3 Å². The van der Waals surface area contributed by atoms with Crippen LogP contribution in [0.25, 0.3) is 5.65 Å². The lowest BCUT2D eigenvalue weighted by molar-refractivity contribution is -0.142. The second kappa shape index (κ2) is 7.93. The lowest BCUT2D eigenvalue weighted by Gasteiger charge is -2.35. The minimum atomic E-state index is -4.51. The maximum Gasteiger partial charge on any atom is 0.433 e. The zero-order valence-electron chi connectivity index (χ0n) is 16.4. The lowest BCUT2D eigenvalue weighted by atomic mass is 9.92. The first-order valence-corrected chi connectivity index (χ1v) is 10.2. The molecule has 2 aromatic rings. The minimum absolute atomic E-state index is 0.0193. The normalized spacial score (nSPS) is 21.7. The van der Waals surface area contributed by atoms with Gasteiger partial charge in [-0.3, -0.25) is 4.79 Å². The van der Waals surface area contributed by atoms with Gasteiger partial charge in [0.1, 0.15) is 5.69 Å². The topological polar surface area (TPSA) is 59.7 Å². The van der Waals surface area contributed by atoms with E-state index in [9.17, 15) is 18.0 Å². The van der Waals surface area contributed by atoms with Gasteiger partial charge in [-0.05, 0) is 38.2 Å². The first kappa shape index (κ1) is 20.1. The Hall–Kier alpha value is -2.16. The fourth-order valence-corrected chi connectivity index (χ4v) is 4.25. The van der Waals surface area contributed by atoms with Gasteiger partial charge in [0.15, 0.2) is 5.65 Å². The Bertz CT molecular complexity index is 890. The molecule has 0 aliphatic carbocycles. The summed E-state index contributed by atoms with van der Waals surface area (Å²) in [6, 6.07) is 2.70. The predicted octanol–water partition coefficient (Wildman–Crippen LogP) is 3.44. The highest BCUT2D eigenvalue weighted by atomic mass is 19.4. The van der Waals surface area contributed by atoms with Crippen molar-refractivity contribution in [1.82, 2.24) is 19.5 Å². The zero-order valence-corrected chi connectivity index (χ0v) is 16.4. The predicted molar refractivity (Wildman–Crippen MR) is 99.5 cm³/mol. The number of carbonyl (C=O) groups excluding carboxylic acids is 1. The molecule has 0 bridgehead atoms. The Morgan fingerprint density at radius 3 is 2.69 bits per heavy atom. The van der Waals surface area contributed by atoms with Gasteiger partial charge in [-0.1, -0.05) is 6.92 Å². The standard InChI is InChI=1S/C20H25F3N4O2/c1-2-15-10-17(20(21,22)23)27-18(24-15)11-16(25-27)14-4-3-7-26(12-14)19(28)13-5-8-29-9-6-13/h10-11,13-14H,2-9,12H2,1H3. The van der Waals surface area contributed by atoms with Crippen molar-refractivity contribution >= 4 is 11.6 Å². The van der Waals surface area contributed by atoms with E-state index in [4.69, 9.17) is 4.74 Å².